The average Bonchev–Trinajstić information content (AvgIpc) is 2.26. The molecule has 90 valence electrons. The number of aryl methyl sites for hydroxylation is 1. The Hall–Kier alpha value is -0.530. The zero-order chi connectivity index (χ0) is 12.0. The lowest BCUT2D eigenvalue weighted by atomic mass is 10.1. The molecule has 1 aromatic carbocycles. The van der Waals surface area contributed by atoms with E-state index in [4.69, 9.17) is 11.6 Å². The van der Waals surface area contributed by atoms with Gasteiger partial charge in [-0.05, 0) is 49.9 Å². The first kappa shape index (κ1) is 13.5. The van der Waals surface area contributed by atoms with Crippen LogP contribution in [0.4, 0.5) is 0 Å². The highest BCUT2D eigenvalue weighted by atomic mass is 35.5. The van der Waals surface area contributed by atoms with Gasteiger partial charge in [-0.25, -0.2) is 0 Å². The quantitative estimate of drug-likeness (QED) is 0.743. The fraction of sp³-hybridized carbons (Fsp3) is 0.571. The van der Waals surface area contributed by atoms with Crippen molar-refractivity contribution in [2.45, 2.75) is 39.7 Å². The van der Waals surface area contributed by atoms with Gasteiger partial charge < -0.3 is 5.32 Å². The molecule has 0 saturated carbocycles. The first-order valence-electron chi connectivity index (χ1n) is 6.07. The van der Waals surface area contributed by atoms with Crippen molar-refractivity contribution in [1.29, 1.82) is 0 Å². The standard InChI is InChI=1S/C14H22ClN/c1-11(2)12(3)16-10-4-5-13-6-8-14(15)9-7-13/h6-9,11-12,16H,4-5,10H2,1-3H3. The van der Waals surface area contributed by atoms with E-state index in [1.165, 1.54) is 12.0 Å². The molecule has 1 rings (SSSR count). The Morgan fingerprint density at radius 1 is 1.12 bits per heavy atom. The van der Waals surface area contributed by atoms with Gasteiger partial charge in [-0.3, -0.25) is 0 Å². The topological polar surface area (TPSA) is 12.0 Å². The van der Waals surface area contributed by atoms with Crippen molar-refractivity contribution >= 4 is 11.6 Å². The van der Waals surface area contributed by atoms with Crippen LogP contribution in [0.25, 0.3) is 0 Å². The van der Waals surface area contributed by atoms with E-state index in [-0.39, 0.29) is 0 Å². The van der Waals surface area contributed by atoms with E-state index in [0.29, 0.717) is 12.0 Å². The second kappa shape index (κ2) is 6.93. The third-order valence-electron chi connectivity index (χ3n) is 3.02. The molecular formula is C14H22ClN. The molecule has 0 fully saturated rings. The summed E-state index contributed by atoms with van der Waals surface area (Å²) in [7, 11) is 0. The summed E-state index contributed by atoms with van der Waals surface area (Å²) in [6.45, 7) is 7.82. The van der Waals surface area contributed by atoms with Gasteiger partial charge in [0.15, 0.2) is 0 Å². The van der Waals surface area contributed by atoms with Crippen LogP contribution in [-0.2, 0) is 6.42 Å². The van der Waals surface area contributed by atoms with Gasteiger partial charge in [-0.2, -0.15) is 0 Å². The van der Waals surface area contributed by atoms with Gasteiger partial charge in [0.1, 0.15) is 0 Å². The lowest BCUT2D eigenvalue weighted by Crippen LogP contribution is -2.31. The summed E-state index contributed by atoms with van der Waals surface area (Å²) in [4.78, 5) is 0. The molecule has 0 aliphatic rings. The third-order valence-corrected chi connectivity index (χ3v) is 3.27. The number of hydrogen-bond acceptors (Lipinski definition) is 1. The molecule has 1 nitrogen and oxygen atoms in total. The summed E-state index contributed by atoms with van der Waals surface area (Å²) in [6, 6.07) is 8.73. The predicted octanol–water partition coefficient (Wildman–Crippen LogP) is 3.91. The van der Waals surface area contributed by atoms with E-state index < -0.39 is 0 Å². The van der Waals surface area contributed by atoms with Gasteiger partial charge >= 0.3 is 0 Å². The molecule has 0 aliphatic carbocycles. The largest absolute Gasteiger partial charge is 0.314 e. The van der Waals surface area contributed by atoms with Crippen molar-refractivity contribution in [1.82, 2.24) is 5.32 Å². The number of nitrogens with one attached hydrogen (secondary N) is 1. The molecule has 0 saturated heterocycles. The van der Waals surface area contributed by atoms with Gasteiger partial charge in [0, 0.05) is 11.1 Å². The lowest BCUT2D eigenvalue weighted by molar-refractivity contribution is 0.424. The molecule has 1 atom stereocenters. The van der Waals surface area contributed by atoms with Crippen molar-refractivity contribution < 1.29 is 0 Å². The SMILES string of the molecule is CC(C)C(C)NCCCc1ccc(Cl)cc1. The van der Waals surface area contributed by atoms with Crippen molar-refractivity contribution in [3.63, 3.8) is 0 Å². The molecule has 0 aromatic heterocycles. The number of benzene rings is 1. The van der Waals surface area contributed by atoms with Gasteiger partial charge in [-0.15, -0.1) is 0 Å². The van der Waals surface area contributed by atoms with E-state index >= 15 is 0 Å². The lowest BCUT2D eigenvalue weighted by Gasteiger charge is -2.17. The Labute approximate surface area is 104 Å². The van der Waals surface area contributed by atoms with Gasteiger partial charge in [0.05, 0.1) is 0 Å². The Bertz CT molecular complexity index is 292. The predicted molar refractivity (Wildman–Crippen MR) is 72.1 cm³/mol. The molecule has 0 aliphatic heterocycles. The third kappa shape index (κ3) is 5.00. The summed E-state index contributed by atoms with van der Waals surface area (Å²) >= 11 is 5.84. The van der Waals surface area contributed by atoms with Gasteiger partial charge in [0.25, 0.3) is 0 Å². The van der Waals surface area contributed by atoms with Gasteiger partial charge in [0.2, 0.25) is 0 Å². The summed E-state index contributed by atoms with van der Waals surface area (Å²) < 4.78 is 0. The molecule has 2 heteroatoms. The molecule has 0 amide bonds. The maximum atomic E-state index is 5.84. The molecule has 1 N–H and O–H groups in total. The van der Waals surface area contributed by atoms with Crippen LogP contribution in [0.15, 0.2) is 24.3 Å². The zero-order valence-corrected chi connectivity index (χ0v) is 11.2. The highest BCUT2D eigenvalue weighted by Crippen LogP contribution is 2.10. The molecule has 0 spiro atoms. The van der Waals surface area contributed by atoms with E-state index in [9.17, 15) is 0 Å². The maximum absolute atomic E-state index is 5.84. The number of rotatable bonds is 6. The Morgan fingerprint density at radius 2 is 1.75 bits per heavy atom. The van der Waals surface area contributed by atoms with Crippen LogP contribution < -0.4 is 5.32 Å². The van der Waals surface area contributed by atoms with Crippen molar-refractivity contribution in [2.75, 3.05) is 6.54 Å². The Morgan fingerprint density at radius 3 is 2.31 bits per heavy atom. The summed E-state index contributed by atoms with van der Waals surface area (Å²) in [5.41, 5.74) is 1.36. The highest BCUT2D eigenvalue weighted by molar-refractivity contribution is 6.30. The normalized spacial score (nSPS) is 13.1. The minimum absolute atomic E-state index is 0.602. The summed E-state index contributed by atoms with van der Waals surface area (Å²) in [6.07, 6.45) is 2.30. The average molecular weight is 240 g/mol. The molecule has 0 bridgehead atoms. The van der Waals surface area contributed by atoms with Crippen LogP contribution in [0.1, 0.15) is 32.8 Å². The summed E-state index contributed by atoms with van der Waals surface area (Å²) in [5.74, 6) is 0.704. The maximum Gasteiger partial charge on any atom is 0.0406 e. The molecule has 0 radical (unpaired) electrons. The van der Waals surface area contributed by atoms with Crippen LogP contribution in [0.5, 0.6) is 0 Å². The first-order valence-corrected chi connectivity index (χ1v) is 6.45. The number of hydrogen-bond donors (Lipinski definition) is 1. The smallest absolute Gasteiger partial charge is 0.0406 e. The van der Waals surface area contributed by atoms with Crippen molar-refractivity contribution in [2.24, 2.45) is 5.92 Å². The molecule has 1 aromatic rings. The Balaban J connectivity index is 2.18. The van der Waals surface area contributed by atoms with Crippen LogP contribution in [0, 0.1) is 5.92 Å². The minimum atomic E-state index is 0.602. The molecule has 16 heavy (non-hydrogen) atoms. The van der Waals surface area contributed by atoms with Crippen LogP contribution in [0.2, 0.25) is 5.02 Å². The van der Waals surface area contributed by atoms with Crippen molar-refractivity contribution in [3.05, 3.63) is 34.9 Å². The molecule has 1 unspecified atom stereocenters. The second-order valence-electron chi connectivity index (χ2n) is 4.72. The van der Waals surface area contributed by atoms with Crippen LogP contribution in [-0.4, -0.2) is 12.6 Å². The highest BCUT2D eigenvalue weighted by Gasteiger charge is 2.04. The summed E-state index contributed by atoms with van der Waals surface area (Å²) in [5, 5.41) is 4.35. The van der Waals surface area contributed by atoms with E-state index in [1.807, 2.05) is 12.1 Å². The molecule has 0 heterocycles. The Kier molecular flexibility index (Phi) is 5.86. The number of halogens is 1. The van der Waals surface area contributed by atoms with Crippen LogP contribution in [0.3, 0.4) is 0 Å². The van der Waals surface area contributed by atoms with Crippen molar-refractivity contribution in [3.8, 4) is 0 Å². The zero-order valence-electron chi connectivity index (χ0n) is 10.5. The van der Waals surface area contributed by atoms with E-state index in [1.54, 1.807) is 0 Å². The van der Waals surface area contributed by atoms with Crippen LogP contribution >= 0.6 is 11.6 Å². The van der Waals surface area contributed by atoms with Gasteiger partial charge in [-0.1, -0.05) is 37.6 Å². The minimum Gasteiger partial charge on any atom is -0.314 e. The fourth-order valence-electron chi connectivity index (χ4n) is 1.51. The first-order chi connectivity index (χ1) is 7.59. The monoisotopic (exact) mass is 239 g/mol. The second-order valence-corrected chi connectivity index (χ2v) is 5.15. The fourth-order valence-corrected chi connectivity index (χ4v) is 1.64. The van der Waals surface area contributed by atoms with E-state index in [2.05, 4.69) is 38.2 Å². The van der Waals surface area contributed by atoms with E-state index in [0.717, 1.165) is 18.0 Å². The molecular weight excluding hydrogens is 218 g/mol.